The van der Waals surface area contributed by atoms with Crippen LogP contribution in [0.1, 0.15) is 11.4 Å². The number of amides is 1. The van der Waals surface area contributed by atoms with Gasteiger partial charge in [-0.3, -0.25) is 4.90 Å². The molecule has 0 unspecified atom stereocenters. The first-order valence-corrected chi connectivity index (χ1v) is 12.6. The fourth-order valence-electron chi connectivity index (χ4n) is 4.49. The van der Waals surface area contributed by atoms with Crippen molar-refractivity contribution in [1.29, 1.82) is 0 Å². The molecule has 3 aliphatic rings. The monoisotopic (exact) mass is 528 g/mol. The van der Waals surface area contributed by atoms with Gasteiger partial charge in [0.1, 0.15) is 30.2 Å². The van der Waals surface area contributed by atoms with Gasteiger partial charge in [-0.05, 0) is 25.1 Å². The summed E-state index contributed by atoms with van der Waals surface area (Å²) in [7, 11) is -3.94. The predicted molar refractivity (Wildman–Crippen MR) is 120 cm³/mol. The van der Waals surface area contributed by atoms with Gasteiger partial charge in [0, 0.05) is 44.5 Å². The maximum atomic E-state index is 13.3. The highest BCUT2D eigenvalue weighted by Crippen LogP contribution is 2.40. The fraction of sp³-hybridized carbons (Fsp3) is 0.476. The van der Waals surface area contributed by atoms with Crippen molar-refractivity contribution in [3.8, 4) is 5.75 Å². The average Bonchev–Trinajstić information content (AvgIpc) is 3.18. The summed E-state index contributed by atoms with van der Waals surface area (Å²) in [5.74, 6) is 0.137. The van der Waals surface area contributed by atoms with E-state index in [0.29, 0.717) is 5.69 Å². The maximum Gasteiger partial charge on any atom is 0.433 e. The molecule has 2 saturated heterocycles. The van der Waals surface area contributed by atoms with E-state index >= 15 is 0 Å². The van der Waals surface area contributed by atoms with E-state index in [2.05, 4.69) is 9.97 Å². The van der Waals surface area contributed by atoms with Gasteiger partial charge in [0.05, 0.1) is 10.6 Å². The number of nitrogens with two attached hydrogens (primary N) is 1. The maximum absolute atomic E-state index is 13.3. The Morgan fingerprint density at radius 2 is 1.86 bits per heavy atom. The third kappa shape index (κ3) is 4.20. The summed E-state index contributed by atoms with van der Waals surface area (Å²) in [5, 5.41) is 0. The van der Waals surface area contributed by atoms with Gasteiger partial charge in [0.15, 0.2) is 0 Å². The van der Waals surface area contributed by atoms with Crippen molar-refractivity contribution in [2.75, 3.05) is 49.1 Å². The number of carbonyl (C=O) groups is 1. The number of ether oxygens (including phenoxy) is 2. The lowest BCUT2D eigenvalue weighted by Crippen LogP contribution is -2.49. The minimum Gasteiger partial charge on any atom is -0.489 e. The fourth-order valence-corrected chi connectivity index (χ4v) is 5.93. The SMILES string of the molecule is Cc1cc(C(F)(F)F)nc(N2CCN(S(=O)(=O)c3ccc4c(c3)OC[C@H]3[C@H](CN)OC(=O)N43)CC2)n1. The number of piperazine rings is 1. The molecule has 0 saturated carbocycles. The smallest absolute Gasteiger partial charge is 0.433 e. The normalized spacial score (nSPS) is 22.6. The van der Waals surface area contributed by atoms with Crippen LogP contribution in [0.15, 0.2) is 29.2 Å². The number of benzene rings is 1. The van der Waals surface area contributed by atoms with Gasteiger partial charge in [-0.15, -0.1) is 0 Å². The second kappa shape index (κ2) is 8.74. The molecule has 5 rings (SSSR count). The summed E-state index contributed by atoms with van der Waals surface area (Å²) in [6, 6.07) is 4.70. The van der Waals surface area contributed by atoms with E-state index in [1.165, 1.54) is 39.2 Å². The van der Waals surface area contributed by atoms with Crippen LogP contribution in [0.4, 0.5) is 29.6 Å². The van der Waals surface area contributed by atoms with E-state index in [0.717, 1.165) is 6.07 Å². The number of hydrogen-bond acceptors (Lipinski definition) is 9. The number of anilines is 2. The van der Waals surface area contributed by atoms with Crippen molar-refractivity contribution in [2.45, 2.75) is 30.1 Å². The lowest BCUT2D eigenvalue weighted by Gasteiger charge is -2.35. The minimum absolute atomic E-state index is 0.0254. The summed E-state index contributed by atoms with van der Waals surface area (Å²) in [5.41, 5.74) is 5.18. The topological polar surface area (TPSA) is 131 Å². The summed E-state index contributed by atoms with van der Waals surface area (Å²) < 4.78 is 78.2. The van der Waals surface area contributed by atoms with E-state index in [4.69, 9.17) is 15.2 Å². The zero-order valence-electron chi connectivity index (χ0n) is 19.1. The molecule has 11 nitrogen and oxygen atoms in total. The highest BCUT2D eigenvalue weighted by Gasteiger charge is 2.46. The number of aromatic nitrogens is 2. The molecule has 0 bridgehead atoms. The van der Waals surface area contributed by atoms with E-state index in [1.807, 2.05) is 0 Å². The molecule has 2 atom stereocenters. The molecule has 2 aromatic rings. The van der Waals surface area contributed by atoms with Crippen molar-refractivity contribution in [1.82, 2.24) is 14.3 Å². The zero-order chi connectivity index (χ0) is 25.8. The van der Waals surface area contributed by atoms with Gasteiger partial charge in [-0.25, -0.2) is 23.2 Å². The Labute approximate surface area is 204 Å². The number of cyclic esters (lactones) is 1. The number of nitrogens with zero attached hydrogens (tertiary/aromatic N) is 5. The number of rotatable bonds is 4. The second-order valence-electron chi connectivity index (χ2n) is 8.62. The predicted octanol–water partition coefficient (Wildman–Crippen LogP) is 1.36. The molecule has 0 radical (unpaired) electrons. The van der Waals surface area contributed by atoms with Gasteiger partial charge in [-0.1, -0.05) is 0 Å². The largest absolute Gasteiger partial charge is 0.489 e. The number of sulfonamides is 1. The molecule has 2 N–H and O–H groups in total. The molecule has 194 valence electrons. The Morgan fingerprint density at radius 1 is 1.14 bits per heavy atom. The number of carbonyl (C=O) groups excluding carboxylic acids is 1. The van der Waals surface area contributed by atoms with Crippen LogP contribution in [-0.4, -0.2) is 80.3 Å². The van der Waals surface area contributed by atoms with Gasteiger partial charge >= 0.3 is 12.3 Å². The van der Waals surface area contributed by atoms with Gasteiger partial charge in [0.25, 0.3) is 0 Å². The van der Waals surface area contributed by atoms with E-state index in [1.54, 1.807) is 0 Å². The summed E-state index contributed by atoms with van der Waals surface area (Å²) >= 11 is 0. The summed E-state index contributed by atoms with van der Waals surface area (Å²) in [4.78, 5) is 22.9. The molecule has 0 aliphatic carbocycles. The Bertz CT molecular complexity index is 1300. The van der Waals surface area contributed by atoms with Crippen LogP contribution >= 0.6 is 0 Å². The van der Waals surface area contributed by atoms with Crippen molar-refractivity contribution < 1.29 is 35.9 Å². The zero-order valence-corrected chi connectivity index (χ0v) is 19.9. The number of alkyl halides is 3. The molecule has 36 heavy (non-hydrogen) atoms. The Kier molecular flexibility index (Phi) is 5.95. The third-order valence-electron chi connectivity index (χ3n) is 6.33. The minimum atomic E-state index is -4.61. The lowest BCUT2D eigenvalue weighted by molar-refractivity contribution is -0.141. The number of fused-ring (bicyclic) bond motifs is 3. The first kappa shape index (κ1) is 24.5. The average molecular weight is 529 g/mol. The van der Waals surface area contributed by atoms with E-state index in [9.17, 15) is 26.4 Å². The molecule has 1 aromatic heterocycles. The molecule has 3 aliphatic heterocycles. The number of halogens is 3. The lowest BCUT2D eigenvalue weighted by atomic mass is 10.1. The molecule has 1 aromatic carbocycles. The van der Waals surface area contributed by atoms with Crippen molar-refractivity contribution in [3.63, 3.8) is 0 Å². The van der Waals surface area contributed by atoms with Gasteiger partial charge in [0.2, 0.25) is 16.0 Å². The Balaban J connectivity index is 1.32. The standard InChI is InChI=1S/C21H23F3N6O5S/c1-12-8-18(21(22,23)24)27-19(26-12)28-4-6-29(7-5-28)36(32,33)13-2-3-14-16(9-13)34-11-15-17(10-25)35-20(31)30(14)15/h2-3,8-9,15,17H,4-7,10-11,25H2,1H3/t15-,17-/m0/s1. The van der Waals surface area contributed by atoms with Crippen LogP contribution in [0.5, 0.6) is 5.75 Å². The van der Waals surface area contributed by atoms with Crippen LogP contribution in [0.2, 0.25) is 0 Å². The summed E-state index contributed by atoms with van der Waals surface area (Å²) in [6.07, 6.45) is -5.70. The van der Waals surface area contributed by atoms with Crippen LogP contribution < -0.4 is 20.3 Å². The van der Waals surface area contributed by atoms with Crippen LogP contribution in [0.3, 0.4) is 0 Å². The molecule has 1 amide bonds. The van der Waals surface area contributed by atoms with Crippen LogP contribution in [0, 0.1) is 6.92 Å². The molecule has 2 fully saturated rings. The molecule has 0 spiro atoms. The first-order valence-electron chi connectivity index (χ1n) is 11.1. The third-order valence-corrected chi connectivity index (χ3v) is 8.23. The quantitative estimate of drug-likeness (QED) is 0.625. The van der Waals surface area contributed by atoms with Crippen molar-refractivity contribution in [2.24, 2.45) is 5.73 Å². The molecule has 15 heteroatoms. The number of aryl methyl sites for hydroxylation is 1. The Hall–Kier alpha value is -3.17. The highest BCUT2D eigenvalue weighted by atomic mass is 32.2. The van der Waals surface area contributed by atoms with Crippen molar-refractivity contribution >= 4 is 27.8 Å². The highest BCUT2D eigenvalue weighted by molar-refractivity contribution is 7.89. The van der Waals surface area contributed by atoms with E-state index in [-0.39, 0.29) is 61.6 Å². The van der Waals surface area contributed by atoms with E-state index < -0.39 is 40.1 Å². The second-order valence-corrected chi connectivity index (χ2v) is 10.6. The first-order chi connectivity index (χ1) is 17.0. The number of hydrogen-bond donors (Lipinski definition) is 1. The molecule has 4 heterocycles. The Morgan fingerprint density at radius 3 is 2.53 bits per heavy atom. The van der Waals surface area contributed by atoms with Gasteiger partial charge in [-0.2, -0.15) is 17.5 Å². The molecular formula is C21H23F3N6O5S. The van der Waals surface area contributed by atoms with Crippen LogP contribution in [0.25, 0.3) is 0 Å². The molecular weight excluding hydrogens is 505 g/mol. The van der Waals surface area contributed by atoms with Crippen molar-refractivity contribution in [3.05, 3.63) is 35.7 Å². The summed E-state index contributed by atoms with van der Waals surface area (Å²) in [6.45, 7) is 1.97. The van der Waals surface area contributed by atoms with Crippen LogP contribution in [-0.2, 0) is 20.9 Å². The van der Waals surface area contributed by atoms with Gasteiger partial charge < -0.3 is 20.1 Å².